The number of nitrogens with one attached hydrogen (secondary N) is 3. The van der Waals surface area contributed by atoms with E-state index in [9.17, 15) is 18.8 Å². The number of aromatic nitrogens is 2. The Morgan fingerprint density at radius 2 is 1.70 bits per heavy atom. The molecule has 3 aromatic rings. The molecule has 12 heteroatoms. The van der Waals surface area contributed by atoms with E-state index in [4.69, 9.17) is 0 Å². The van der Waals surface area contributed by atoms with Gasteiger partial charge in [-0.15, -0.1) is 0 Å². The molecule has 47 heavy (non-hydrogen) atoms. The summed E-state index contributed by atoms with van der Waals surface area (Å²) in [6.45, 7) is 6.28. The van der Waals surface area contributed by atoms with Crippen molar-refractivity contribution >= 4 is 34.6 Å². The van der Waals surface area contributed by atoms with Gasteiger partial charge in [0.15, 0.2) is 0 Å². The van der Waals surface area contributed by atoms with Crippen LogP contribution in [-0.4, -0.2) is 111 Å². The van der Waals surface area contributed by atoms with Crippen molar-refractivity contribution < 1.29 is 18.8 Å². The van der Waals surface area contributed by atoms with Crippen LogP contribution >= 0.6 is 0 Å². The fourth-order valence-corrected chi connectivity index (χ4v) is 7.93. The summed E-state index contributed by atoms with van der Waals surface area (Å²) in [5, 5.41) is 14.3. The third kappa shape index (κ3) is 6.79. The van der Waals surface area contributed by atoms with Crippen LogP contribution < -0.4 is 10.6 Å². The summed E-state index contributed by atoms with van der Waals surface area (Å²) in [4.78, 5) is 48.6. The van der Waals surface area contributed by atoms with E-state index in [2.05, 4.69) is 31.8 Å². The molecule has 5 amide bonds. The van der Waals surface area contributed by atoms with Crippen LogP contribution in [-0.2, 0) is 17.8 Å². The quantitative estimate of drug-likeness (QED) is 0.367. The van der Waals surface area contributed by atoms with Gasteiger partial charge in [-0.05, 0) is 74.3 Å². The highest BCUT2D eigenvalue weighted by molar-refractivity contribution is 5.92. The zero-order valence-corrected chi connectivity index (χ0v) is 27.1. The molecule has 2 saturated heterocycles. The number of piperazine rings is 1. The summed E-state index contributed by atoms with van der Waals surface area (Å²) in [6, 6.07) is 11.3. The van der Waals surface area contributed by atoms with Crippen LogP contribution in [0, 0.1) is 6.92 Å². The number of nitrogens with zero attached hydrogens (tertiary/aromatic N) is 5. The molecule has 0 radical (unpaired) electrons. The Morgan fingerprint density at radius 3 is 2.47 bits per heavy atom. The van der Waals surface area contributed by atoms with Gasteiger partial charge in [0.25, 0.3) is 0 Å². The maximum absolute atomic E-state index is 14.1. The summed E-state index contributed by atoms with van der Waals surface area (Å²) in [6.07, 6.45) is 5.79. The summed E-state index contributed by atoms with van der Waals surface area (Å²) >= 11 is 0. The second-order valence-corrected chi connectivity index (χ2v) is 13.7. The molecule has 1 unspecified atom stereocenters. The number of hydrogen-bond donors (Lipinski definition) is 3. The average molecular weight is 645 g/mol. The van der Waals surface area contributed by atoms with Crippen LogP contribution in [0.15, 0.2) is 42.6 Å². The maximum atomic E-state index is 14.1. The molecular formula is C35H45FN8O3. The standard InChI is InChI=1S/C35H45FN8O3/c1-23-18-24(19-26-21-37-40-32(23)26)20-31(33(45)42-16-14-41(15-17-42)28-8-6-27(36)7-9-28)39-34(46)43-12-10-29(11-13-43)44-22-25-4-2-3-5-30(25)38-35(44)47/h2-5,18-19,21,27-29,31H,6-17,20,22H2,1H3,(H,37,40)(H,38,47)(H,39,46). The molecule has 11 nitrogen and oxygen atoms in total. The Labute approximate surface area is 274 Å². The first-order valence-electron chi connectivity index (χ1n) is 17.1. The van der Waals surface area contributed by atoms with Crippen molar-refractivity contribution in [1.82, 2.24) is 35.1 Å². The number of anilines is 1. The van der Waals surface area contributed by atoms with E-state index in [-0.39, 0.29) is 24.0 Å². The lowest BCUT2D eigenvalue weighted by molar-refractivity contribution is -0.135. The van der Waals surface area contributed by atoms with Crippen LogP contribution in [0.1, 0.15) is 55.2 Å². The molecule has 3 N–H and O–H groups in total. The molecule has 3 aliphatic heterocycles. The molecular weight excluding hydrogens is 599 g/mol. The zero-order valence-electron chi connectivity index (χ0n) is 27.1. The third-order valence-corrected chi connectivity index (χ3v) is 10.7. The Kier molecular flexibility index (Phi) is 9.02. The summed E-state index contributed by atoms with van der Waals surface area (Å²) in [7, 11) is 0. The van der Waals surface area contributed by atoms with E-state index in [1.807, 2.05) is 47.1 Å². The number of para-hydroxylation sites is 1. The van der Waals surface area contributed by atoms with Crippen molar-refractivity contribution in [2.75, 3.05) is 44.6 Å². The van der Waals surface area contributed by atoms with Gasteiger partial charge in [0.05, 0.1) is 11.7 Å². The van der Waals surface area contributed by atoms with Gasteiger partial charge in [0.1, 0.15) is 12.2 Å². The first-order valence-corrected chi connectivity index (χ1v) is 17.1. The topological polar surface area (TPSA) is 117 Å². The Bertz CT molecular complexity index is 1610. The number of hydrogen-bond acceptors (Lipinski definition) is 5. The number of piperidine rings is 1. The monoisotopic (exact) mass is 644 g/mol. The molecule has 1 saturated carbocycles. The van der Waals surface area contributed by atoms with Crippen LogP contribution in [0.4, 0.5) is 19.7 Å². The Balaban J connectivity index is 1.00. The summed E-state index contributed by atoms with van der Waals surface area (Å²) < 4.78 is 13.7. The first kappa shape index (κ1) is 31.4. The van der Waals surface area contributed by atoms with Crippen molar-refractivity contribution in [3.05, 3.63) is 59.3 Å². The highest BCUT2D eigenvalue weighted by Gasteiger charge is 2.36. The number of fused-ring (bicyclic) bond motifs is 2. The molecule has 0 bridgehead atoms. The van der Waals surface area contributed by atoms with Gasteiger partial charge in [-0.1, -0.05) is 24.3 Å². The lowest BCUT2D eigenvalue weighted by Gasteiger charge is -2.42. The first-order chi connectivity index (χ1) is 22.8. The SMILES string of the molecule is Cc1cc(CC(NC(=O)N2CCC(N3Cc4ccccc4NC3=O)CC2)C(=O)N2CCN(C3CCC(F)CC3)CC2)cc2cn[nH]c12. The van der Waals surface area contributed by atoms with Crippen molar-refractivity contribution in [1.29, 1.82) is 0 Å². The number of alkyl halides is 1. The minimum atomic E-state index is -0.720. The van der Waals surface area contributed by atoms with Crippen molar-refractivity contribution in [3.63, 3.8) is 0 Å². The number of rotatable bonds is 6. The number of likely N-dealkylation sites (tertiary alicyclic amines) is 1. The molecule has 2 aromatic carbocycles. The lowest BCUT2D eigenvalue weighted by atomic mass is 9.92. The van der Waals surface area contributed by atoms with Gasteiger partial charge in [-0.2, -0.15) is 5.10 Å². The highest BCUT2D eigenvalue weighted by atomic mass is 19.1. The molecule has 1 aromatic heterocycles. The number of urea groups is 2. The van der Waals surface area contributed by atoms with Gasteiger partial charge in [0.2, 0.25) is 5.91 Å². The fourth-order valence-electron chi connectivity index (χ4n) is 7.93. The van der Waals surface area contributed by atoms with Crippen molar-refractivity contribution in [2.24, 2.45) is 0 Å². The smallest absolute Gasteiger partial charge is 0.322 e. The number of carbonyl (C=O) groups is 3. The van der Waals surface area contributed by atoms with Crippen molar-refractivity contribution in [3.8, 4) is 0 Å². The zero-order chi connectivity index (χ0) is 32.5. The average Bonchev–Trinajstić information content (AvgIpc) is 3.57. The molecule has 0 spiro atoms. The van der Waals surface area contributed by atoms with Gasteiger partial charge >= 0.3 is 12.1 Å². The van der Waals surface area contributed by atoms with E-state index in [0.29, 0.717) is 70.9 Å². The number of amides is 5. The molecule has 3 fully saturated rings. The molecule has 1 aliphatic carbocycles. The number of halogens is 1. The minimum absolute atomic E-state index is 0.0331. The van der Waals surface area contributed by atoms with Crippen molar-refractivity contribution in [2.45, 2.75) is 82.7 Å². The normalized spacial score (nSPS) is 23.4. The number of carbonyl (C=O) groups excluding carboxylic acids is 3. The predicted molar refractivity (Wildman–Crippen MR) is 178 cm³/mol. The summed E-state index contributed by atoms with van der Waals surface area (Å²) in [5.41, 5.74) is 4.91. The van der Waals surface area contributed by atoms with E-state index in [1.165, 1.54) is 0 Å². The van der Waals surface area contributed by atoms with Crippen LogP contribution in [0.5, 0.6) is 0 Å². The molecule has 1 atom stereocenters. The fraction of sp³-hybridized carbons (Fsp3) is 0.543. The molecule has 250 valence electrons. The van der Waals surface area contributed by atoms with E-state index >= 15 is 0 Å². The van der Waals surface area contributed by atoms with Crippen LogP contribution in [0.2, 0.25) is 0 Å². The largest absolute Gasteiger partial charge is 0.338 e. The number of aryl methyl sites for hydroxylation is 1. The highest BCUT2D eigenvalue weighted by Crippen LogP contribution is 2.29. The van der Waals surface area contributed by atoms with Gasteiger partial charge in [0, 0.05) is 75.4 Å². The van der Waals surface area contributed by atoms with E-state index in [1.54, 1.807) is 11.1 Å². The maximum Gasteiger partial charge on any atom is 0.322 e. The number of aromatic amines is 1. The predicted octanol–water partition coefficient (Wildman–Crippen LogP) is 4.43. The molecule has 4 heterocycles. The van der Waals surface area contributed by atoms with Gasteiger partial charge in [-0.3, -0.25) is 14.8 Å². The van der Waals surface area contributed by atoms with Crippen LogP contribution in [0.25, 0.3) is 10.9 Å². The lowest BCUT2D eigenvalue weighted by Crippen LogP contribution is -2.59. The third-order valence-electron chi connectivity index (χ3n) is 10.7. The van der Waals surface area contributed by atoms with Gasteiger partial charge in [-0.25, -0.2) is 14.0 Å². The second-order valence-electron chi connectivity index (χ2n) is 13.7. The van der Waals surface area contributed by atoms with Gasteiger partial charge < -0.3 is 25.3 Å². The van der Waals surface area contributed by atoms with E-state index < -0.39 is 12.2 Å². The molecule has 7 rings (SSSR count). The van der Waals surface area contributed by atoms with Crippen LogP contribution in [0.3, 0.4) is 0 Å². The second kappa shape index (κ2) is 13.5. The molecule has 4 aliphatic rings. The summed E-state index contributed by atoms with van der Waals surface area (Å²) in [5.74, 6) is -0.0750. The Morgan fingerprint density at radius 1 is 0.957 bits per heavy atom. The Hall–Kier alpha value is -4.19. The van der Waals surface area contributed by atoms with E-state index in [0.717, 1.165) is 59.2 Å². The minimum Gasteiger partial charge on any atom is -0.338 e. The number of benzene rings is 2. The number of H-pyrrole nitrogens is 1.